The van der Waals surface area contributed by atoms with Gasteiger partial charge in [-0.2, -0.15) is 0 Å². The summed E-state index contributed by atoms with van der Waals surface area (Å²) in [6.45, 7) is 1.67. The molecule has 0 heterocycles. The van der Waals surface area contributed by atoms with Crippen LogP contribution in [0.15, 0.2) is 28.2 Å². The van der Waals surface area contributed by atoms with E-state index in [0.29, 0.717) is 5.56 Å². The fourth-order valence-electron chi connectivity index (χ4n) is 1.10. The molecular weight excluding hydrogens is 216 g/mol. The lowest BCUT2D eigenvalue weighted by Gasteiger charge is -2.06. The number of hydrogen-bond donors (Lipinski definition) is 1. The van der Waals surface area contributed by atoms with Gasteiger partial charge >= 0.3 is 0 Å². The summed E-state index contributed by atoms with van der Waals surface area (Å²) in [7, 11) is -2.17. The molecule has 0 atom stereocenters. The van der Waals surface area contributed by atoms with Crippen molar-refractivity contribution in [3.05, 3.63) is 34.2 Å². The number of hydrogen-bond acceptors (Lipinski definition) is 3. The average molecular weight is 226 g/mol. The molecule has 0 radical (unpaired) electrons. The van der Waals surface area contributed by atoms with Gasteiger partial charge < -0.3 is 0 Å². The van der Waals surface area contributed by atoms with Crippen LogP contribution in [0.4, 0.5) is 5.69 Å². The fourth-order valence-corrected chi connectivity index (χ4v) is 2.09. The van der Waals surface area contributed by atoms with Gasteiger partial charge in [-0.05, 0) is 31.1 Å². The molecule has 0 fully saturated rings. The Morgan fingerprint density at radius 3 is 2.67 bits per heavy atom. The van der Waals surface area contributed by atoms with Crippen molar-refractivity contribution in [2.45, 2.75) is 11.8 Å². The normalized spacial score (nSPS) is 10.8. The summed E-state index contributed by atoms with van der Waals surface area (Å²) in [5.74, 6) is 0. The minimum Gasteiger partial charge on any atom is -0.214 e. The lowest BCUT2D eigenvalue weighted by molar-refractivity contribution is 0.587. The summed E-state index contributed by atoms with van der Waals surface area (Å²) in [5, 5.41) is 3.34. The van der Waals surface area contributed by atoms with Gasteiger partial charge in [-0.3, -0.25) is 0 Å². The maximum atomic E-state index is 11.5. The molecule has 80 valence electrons. The van der Waals surface area contributed by atoms with Crippen LogP contribution in [0.5, 0.6) is 0 Å². The quantitative estimate of drug-likeness (QED) is 0.483. The maximum Gasteiger partial charge on any atom is 0.240 e. The van der Waals surface area contributed by atoms with Crippen LogP contribution in [0.1, 0.15) is 5.56 Å². The predicted octanol–water partition coefficient (Wildman–Crippen LogP) is 1.84. The second kappa shape index (κ2) is 4.31. The Morgan fingerprint density at radius 1 is 1.47 bits per heavy atom. The highest BCUT2D eigenvalue weighted by molar-refractivity contribution is 7.89. The van der Waals surface area contributed by atoms with Crippen molar-refractivity contribution in [1.29, 1.82) is 0 Å². The van der Waals surface area contributed by atoms with Gasteiger partial charge in [0.2, 0.25) is 10.0 Å². The molecule has 6 nitrogen and oxygen atoms in total. The number of benzene rings is 1. The first kappa shape index (κ1) is 11.5. The molecule has 0 aliphatic rings. The highest BCUT2D eigenvalue weighted by Gasteiger charge is 2.14. The molecule has 0 aliphatic heterocycles. The Balaban J connectivity index is 3.41. The van der Waals surface area contributed by atoms with Crippen molar-refractivity contribution < 1.29 is 8.42 Å². The zero-order chi connectivity index (χ0) is 11.5. The second-order valence-corrected chi connectivity index (χ2v) is 4.70. The molecule has 1 N–H and O–H groups in total. The van der Waals surface area contributed by atoms with Gasteiger partial charge in [-0.1, -0.05) is 17.2 Å². The molecule has 1 aromatic carbocycles. The van der Waals surface area contributed by atoms with E-state index in [1.54, 1.807) is 19.1 Å². The number of azide groups is 1. The van der Waals surface area contributed by atoms with Gasteiger partial charge in [0.05, 0.1) is 4.90 Å². The average Bonchev–Trinajstić information content (AvgIpc) is 2.21. The van der Waals surface area contributed by atoms with Crippen molar-refractivity contribution in [2.24, 2.45) is 5.11 Å². The third-order valence-electron chi connectivity index (χ3n) is 1.89. The third-order valence-corrected chi connectivity index (χ3v) is 3.45. The highest BCUT2D eigenvalue weighted by atomic mass is 32.2. The topological polar surface area (TPSA) is 94.9 Å². The van der Waals surface area contributed by atoms with E-state index >= 15 is 0 Å². The molecule has 7 heteroatoms. The minimum absolute atomic E-state index is 0.120. The summed E-state index contributed by atoms with van der Waals surface area (Å²) < 4.78 is 25.3. The molecule has 0 amide bonds. The molecule has 0 saturated heterocycles. The molecule has 15 heavy (non-hydrogen) atoms. The number of aryl methyl sites for hydroxylation is 1. The van der Waals surface area contributed by atoms with E-state index in [9.17, 15) is 8.42 Å². The van der Waals surface area contributed by atoms with E-state index in [1.807, 2.05) is 0 Å². The van der Waals surface area contributed by atoms with Crippen LogP contribution in [0, 0.1) is 6.92 Å². The SMILES string of the molecule is CNS(=O)(=O)c1cc(N=[N+]=[N-])ccc1C. The van der Waals surface area contributed by atoms with Crippen molar-refractivity contribution >= 4 is 15.7 Å². The third kappa shape index (κ3) is 2.47. The molecule has 0 bridgehead atoms. The number of nitrogens with one attached hydrogen (secondary N) is 1. The lowest BCUT2D eigenvalue weighted by atomic mass is 10.2. The van der Waals surface area contributed by atoms with E-state index in [2.05, 4.69) is 14.7 Å². The summed E-state index contributed by atoms with van der Waals surface area (Å²) in [4.78, 5) is 2.71. The number of rotatable bonds is 3. The molecule has 0 spiro atoms. The first-order valence-corrected chi connectivity index (χ1v) is 5.59. The molecule has 0 saturated carbocycles. The fraction of sp³-hybridized carbons (Fsp3) is 0.250. The second-order valence-electron chi connectivity index (χ2n) is 2.85. The van der Waals surface area contributed by atoms with Gasteiger partial charge in [0.25, 0.3) is 0 Å². The van der Waals surface area contributed by atoms with Crippen molar-refractivity contribution in [2.75, 3.05) is 7.05 Å². The van der Waals surface area contributed by atoms with E-state index in [1.165, 1.54) is 13.1 Å². The zero-order valence-electron chi connectivity index (χ0n) is 8.30. The predicted molar refractivity (Wildman–Crippen MR) is 56.2 cm³/mol. The van der Waals surface area contributed by atoms with Gasteiger partial charge in [0.15, 0.2) is 0 Å². The van der Waals surface area contributed by atoms with E-state index in [-0.39, 0.29) is 10.6 Å². The lowest BCUT2D eigenvalue weighted by Crippen LogP contribution is -2.19. The van der Waals surface area contributed by atoms with Gasteiger partial charge in [0, 0.05) is 10.6 Å². The summed E-state index contributed by atoms with van der Waals surface area (Å²) in [5.41, 5.74) is 9.11. The Labute approximate surface area is 87.6 Å². The van der Waals surface area contributed by atoms with Crippen molar-refractivity contribution in [1.82, 2.24) is 4.72 Å². The molecule has 1 aromatic rings. The first-order chi connectivity index (χ1) is 7.01. The Bertz CT molecular complexity index is 517. The Kier molecular flexibility index (Phi) is 3.31. The van der Waals surface area contributed by atoms with Gasteiger partial charge in [0.1, 0.15) is 0 Å². The van der Waals surface area contributed by atoms with Crippen LogP contribution < -0.4 is 4.72 Å². The largest absolute Gasteiger partial charge is 0.240 e. The molecule has 0 unspecified atom stereocenters. The van der Waals surface area contributed by atoms with Crippen molar-refractivity contribution in [3.63, 3.8) is 0 Å². The maximum absolute atomic E-state index is 11.5. The molecule has 0 aliphatic carbocycles. The standard InChI is InChI=1S/C8H10N4O2S/c1-6-3-4-7(11-12-9)5-8(6)15(13,14)10-2/h3-5,10H,1-2H3. The smallest absolute Gasteiger partial charge is 0.214 e. The van der Waals surface area contributed by atoms with Crippen LogP contribution >= 0.6 is 0 Å². The summed E-state index contributed by atoms with van der Waals surface area (Å²) in [6.07, 6.45) is 0. The Hall–Kier alpha value is -1.56. The summed E-state index contributed by atoms with van der Waals surface area (Å²) in [6, 6.07) is 4.48. The van der Waals surface area contributed by atoms with Crippen LogP contribution in [-0.4, -0.2) is 15.5 Å². The number of nitrogens with zero attached hydrogens (tertiary/aromatic N) is 3. The van der Waals surface area contributed by atoms with E-state index < -0.39 is 10.0 Å². The van der Waals surface area contributed by atoms with Crippen molar-refractivity contribution in [3.8, 4) is 0 Å². The van der Waals surface area contributed by atoms with E-state index in [0.717, 1.165) is 0 Å². The monoisotopic (exact) mass is 226 g/mol. The van der Waals surface area contributed by atoms with Crippen LogP contribution in [-0.2, 0) is 10.0 Å². The van der Waals surface area contributed by atoms with Crippen LogP contribution in [0.25, 0.3) is 10.4 Å². The van der Waals surface area contributed by atoms with E-state index in [4.69, 9.17) is 5.53 Å². The molecule has 1 rings (SSSR count). The molecular formula is C8H10N4O2S. The minimum atomic E-state index is -3.50. The zero-order valence-corrected chi connectivity index (χ0v) is 9.11. The molecule has 0 aromatic heterocycles. The Morgan fingerprint density at radius 2 is 2.13 bits per heavy atom. The van der Waals surface area contributed by atoms with Crippen LogP contribution in [0.2, 0.25) is 0 Å². The first-order valence-electron chi connectivity index (χ1n) is 4.10. The number of sulfonamides is 1. The highest BCUT2D eigenvalue weighted by Crippen LogP contribution is 2.21. The van der Waals surface area contributed by atoms with Gasteiger partial charge in [-0.25, -0.2) is 13.1 Å². The van der Waals surface area contributed by atoms with Gasteiger partial charge in [-0.15, -0.1) is 0 Å². The summed E-state index contributed by atoms with van der Waals surface area (Å²) >= 11 is 0. The van der Waals surface area contributed by atoms with Crippen LogP contribution in [0.3, 0.4) is 0 Å².